The van der Waals surface area contributed by atoms with Gasteiger partial charge >= 0.3 is 5.97 Å². The monoisotopic (exact) mass is 324 g/mol. The van der Waals surface area contributed by atoms with Gasteiger partial charge in [0.05, 0.1) is 5.56 Å². The largest absolute Gasteiger partial charge is 0.373 e. The molecule has 0 heterocycles. The molecule has 3 heteroatoms. The number of hydrogen-bond acceptors (Lipinski definition) is 3. The van der Waals surface area contributed by atoms with Gasteiger partial charge in [0.25, 0.3) is 0 Å². The highest BCUT2D eigenvalue weighted by Crippen LogP contribution is 2.28. The van der Waals surface area contributed by atoms with E-state index in [1.54, 1.807) is 12.1 Å². The Morgan fingerprint density at radius 2 is 1.54 bits per heavy atom. The molecule has 3 nitrogen and oxygen atoms in total. The van der Waals surface area contributed by atoms with Gasteiger partial charge in [-0.25, -0.2) is 4.79 Å². The number of benzene rings is 2. The second kappa shape index (κ2) is 8.11. The molecule has 0 spiro atoms. The lowest BCUT2D eigenvalue weighted by Gasteiger charge is -2.26. The molecule has 24 heavy (non-hydrogen) atoms. The first-order chi connectivity index (χ1) is 11.8. The zero-order valence-corrected chi connectivity index (χ0v) is 14.1. The maximum atomic E-state index is 12.1. The summed E-state index contributed by atoms with van der Waals surface area (Å²) < 4.78 is 0. The van der Waals surface area contributed by atoms with E-state index in [1.165, 1.54) is 6.42 Å². The Hall–Kier alpha value is -2.13. The van der Waals surface area contributed by atoms with Crippen molar-refractivity contribution in [1.29, 1.82) is 0 Å². The SMILES string of the molecule is CCC1CCC(OOC(=O)c2ccc(-c3ccccc3)cc2)CC1. The van der Waals surface area contributed by atoms with Crippen molar-refractivity contribution in [1.82, 2.24) is 0 Å². The molecule has 0 aliphatic heterocycles. The summed E-state index contributed by atoms with van der Waals surface area (Å²) in [6, 6.07) is 17.5. The van der Waals surface area contributed by atoms with Crippen LogP contribution in [0.1, 0.15) is 49.4 Å². The molecule has 0 radical (unpaired) electrons. The number of hydrogen-bond donors (Lipinski definition) is 0. The predicted octanol–water partition coefficient (Wildman–Crippen LogP) is 5.41. The van der Waals surface area contributed by atoms with Gasteiger partial charge in [0.2, 0.25) is 0 Å². The van der Waals surface area contributed by atoms with Crippen molar-refractivity contribution in [3.8, 4) is 11.1 Å². The van der Waals surface area contributed by atoms with Crippen molar-refractivity contribution in [3.05, 3.63) is 60.2 Å². The van der Waals surface area contributed by atoms with Gasteiger partial charge in [-0.05, 0) is 54.9 Å². The fraction of sp³-hybridized carbons (Fsp3) is 0.381. The Morgan fingerprint density at radius 1 is 0.917 bits per heavy atom. The van der Waals surface area contributed by atoms with Crippen LogP contribution in [-0.2, 0) is 9.78 Å². The van der Waals surface area contributed by atoms with E-state index in [9.17, 15) is 4.79 Å². The van der Waals surface area contributed by atoms with Gasteiger partial charge in [-0.2, -0.15) is 4.89 Å². The number of rotatable bonds is 5. The molecule has 1 aliphatic carbocycles. The summed E-state index contributed by atoms with van der Waals surface area (Å²) in [5.74, 6) is 0.373. The normalized spacial score (nSPS) is 20.5. The van der Waals surface area contributed by atoms with Gasteiger partial charge in [0, 0.05) is 0 Å². The molecule has 0 amide bonds. The fourth-order valence-electron chi connectivity index (χ4n) is 3.23. The number of carbonyl (C=O) groups excluding carboxylic acids is 1. The highest BCUT2D eigenvalue weighted by atomic mass is 17.2. The number of carbonyl (C=O) groups is 1. The van der Waals surface area contributed by atoms with Crippen LogP contribution in [0.15, 0.2) is 54.6 Å². The van der Waals surface area contributed by atoms with Crippen LogP contribution in [0.4, 0.5) is 0 Å². The van der Waals surface area contributed by atoms with E-state index >= 15 is 0 Å². The average Bonchev–Trinajstić information content (AvgIpc) is 2.67. The Balaban J connectivity index is 1.52. The lowest BCUT2D eigenvalue weighted by molar-refractivity contribution is -0.280. The van der Waals surface area contributed by atoms with Gasteiger partial charge in [0.15, 0.2) is 0 Å². The third-order valence-corrected chi connectivity index (χ3v) is 4.86. The minimum absolute atomic E-state index is 0.0420. The van der Waals surface area contributed by atoms with Crippen molar-refractivity contribution in [2.75, 3.05) is 0 Å². The van der Waals surface area contributed by atoms with Crippen LogP contribution < -0.4 is 0 Å². The Bertz CT molecular complexity index is 641. The highest BCUT2D eigenvalue weighted by molar-refractivity contribution is 5.89. The summed E-state index contributed by atoms with van der Waals surface area (Å²) in [4.78, 5) is 22.5. The van der Waals surface area contributed by atoms with Crippen LogP contribution in [0.3, 0.4) is 0 Å². The fourth-order valence-corrected chi connectivity index (χ4v) is 3.23. The van der Waals surface area contributed by atoms with E-state index in [-0.39, 0.29) is 6.10 Å². The third kappa shape index (κ3) is 4.24. The molecule has 1 fully saturated rings. The summed E-state index contributed by atoms with van der Waals surface area (Å²) >= 11 is 0. The first-order valence-electron chi connectivity index (χ1n) is 8.79. The highest BCUT2D eigenvalue weighted by Gasteiger charge is 2.22. The van der Waals surface area contributed by atoms with Crippen molar-refractivity contribution in [2.45, 2.75) is 45.1 Å². The first kappa shape index (κ1) is 16.7. The summed E-state index contributed by atoms with van der Waals surface area (Å²) in [6.45, 7) is 2.23. The van der Waals surface area contributed by atoms with Crippen molar-refractivity contribution >= 4 is 5.97 Å². The van der Waals surface area contributed by atoms with Crippen molar-refractivity contribution in [2.24, 2.45) is 5.92 Å². The lowest BCUT2D eigenvalue weighted by atomic mass is 9.86. The van der Waals surface area contributed by atoms with Crippen LogP contribution in [0.25, 0.3) is 11.1 Å². The van der Waals surface area contributed by atoms with E-state index < -0.39 is 5.97 Å². The topological polar surface area (TPSA) is 35.5 Å². The predicted molar refractivity (Wildman–Crippen MR) is 94.4 cm³/mol. The zero-order valence-electron chi connectivity index (χ0n) is 14.1. The van der Waals surface area contributed by atoms with Crippen molar-refractivity contribution in [3.63, 3.8) is 0 Å². The summed E-state index contributed by atoms with van der Waals surface area (Å²) in [5.41, 5.74) is 2.71. The molecule has 0 aromatic heterocycles. The molecule has 0 saturated heterocycles. The standard InChI is InChI=1S/C21H24O3/c1-2-16-8-14-20(15-9-16)23-24-21(22)19-12-10-18(11-13-19)17-6-4-3-5-7-17/h3-7,10-13,16,20H,2,8-9,14-15H2,1H3. The maximum Gasteiger partial charge on any atom is 0.373 e. The molecule has 1 aliphatic rings. The van der Waals surface area contributed by atoms with E-state index in [0.717, 1.165) is 42.7 Å². The molecule has 0 atom stereocenters. The van der Waals surface area contributed by atoms with Crippen LogP contribution in [-0.4, -0.2) is 12.1 Å². The molecule has 3 rings (SSSR count). The van der Waals surface area contributed by atoms with E-state index in [0.29, 0.717) is 5.56 Å². The molecule has 126 valence electrons. The Morgan fingerprint density at radius 3 is 2.17 bits per heavy atom. The smallest absolute Gasteiger partial charge is 0.293 e. The van der Waals surface area contributed by atoms with Crippen LogP contribution in [0.2, 0.25) is 0 Å². The zero-order chi connectivity index (χ0) is 16.8. The Kier molecular flexibility index (Phi) is 5.65. The molecule has 2 aromatic carbocycles. The van der Waals surface area contributed by atoms with Gasteiger partial charge in [-0.1, -0.05) is 55.8 Å². The van der Waals surface area contributed by atoms with Gasteiger partial charge in [-0.15, -0.1) is 0 Å². The van der Waals surface area contributed by atoms with Crippen LogP contribution >= 0.6 is 0 Å². The molecular weight excluding hydrogens is 300 g/mol. The first-order valence-corrected chi connectivity index (χ1v) is 8.79. The third-order valence-electron chi connectivity index (χ3n) is 4.86. The Labute approximate surface area is 143 Å². The molecule has 2 aromatic rings. The molecule has 0 bridgehead atoms. The minimum Gasteiger partial charge on any atom is -0.293 e. The van der Waals surface area contributed by atoms with E-state index in [4.69, 9.17) is 9.78 Å². The molecule has 1 saturated carbocycles. The van der Waals surface area contributed by atoms with Gasteiger partial charge < -0.3 is 0 Å². The van der Waals surface area contributed by atoms with Crippen LogP contribution in [0, 0.1) is 5.92 Å². The second-order valence-corrected chi connectivity index (χ2v) is 6.46. The molecule has 0 N–H and O–H groups in total. The maximum absolute atomic E-state index is 12.1. The average molecular weight is 324 g/mol. The van der Waals surface area contributed by atoms with Crippen LogP contribution in [0.5, 0.6) is 0 Å². The summed E-state index contributed by atoms with van der Waals surface area (Å²) in [6.07, 6.45) is 5.52. The van der Waals surface area contributed by atoms with Gasteiger partial charge in [0.1, 0.15) is 6.10 Å². The van der Waals surface area contributed by atoms with Gasteiger partial charge in [-0.3, -0.25) is 4.89 Å². The summed E-state index contributed by atoms with van der Waals surface area (Å²) in [5, 5.41) is 0. The molecule has 0 unspecified atom stereocenters. The molecular formula is C21H24O3. The minimum atomic E-state index is -0.424. The second-order valence-electron chi connectivity index (χ2n) is 6.46. The summed E-state index contributed by atoms with van der Waals surface area (Å²) in [7, 11) is 0. The quantitative estimate of drug-likeness (QED) is 0.545. The van der Waals surface area contributed by atoms with E-state index in [2.05, 4.69) is 6.92 Å². The lowest BCUT2D eigenvalue weighted by Crippen LogP contribution is -2.23. The van der Waals surface area contributed by atoms with E-state index in [1.807, 2.05) is 42.5 Å². The van der Waals surface area contributed by atoms with Crippen molar-refractivity contribution < 1.29 is 14.6 Å².